The Balaban J connectivity index is 1.54. The summed E-state index contributed by atoms with van der Waals surface area (Å²) in [6.07, 6.45) is 4.01. The third kappa shape index (κ3) is 5.09. The molecule has 2 aromatic carbocycles. The van der Waals surface area contributed by atoms with Gasteiger partial charge in [-0.2, -0.15) is 5.10 Å². The molecule has 144 valence electrons. The second kappa shape index (κ2) is 9.03. The number of hydrazone groups is 1. The van der Waals surface area contributed by atoms with Crippen LogP contribution in [0.25, 0.3) is 6.08 Å². The number of rotatable bonds is 6. The topological polar surface area (TPSA) is 109 Å². The van der Waals surface area contributed by atoms with E-state index in [1.807, 2.05) is 43.3 Å². The molecule has 1 fully saturated rings. The molecule has 1 aliphatic heterocycles. The van der Waals surface area contributed by atoms with Crippen molar-refractivity contribution in [1.29, 1.82) is 0 Å². The lowest BCUT2D eigenvalue weighted by molar-refractivity contribution is -0.384. The van der Waals surface area contributed by atoms with E-state index in [9.17, 15) is 14.9 Å². The smallest absolute Gasteiger partial charge is 0.269 e. The number of carbonyl (C=O) groups is 1. The highest BCUT2D eigenvalue weighted by atomic mass is 16.6. The van der Waals surface area contributed by atoms with Crippen LogP contribution in [0, 0.1) is 10.1 Å². The summed E-state index contributed by atoms with van der Waals surface area (Å²) < 4.78 is 0. The van der Waals surface area contributed by atoms with Gasteiger partial charge in [-0.15, -0.1) is 0 Å². The van der Waals surface area contributed by atoms with Crippen LogP contribution in [0.15, 0.2) is 65.3 Å². The van der Waals surface area contributed by atoms with Crippen LogP contribution in [-0.2, 0) is 4.79 Å². The molecular weight excluding hydrogens is 358 g/mol. The Kier molecular flexibility index (Phi) is 6.25. The molecule has 0 aromatic heterocycles. The van der Waals surface area contributed by atoms with Gasteiger partial charge in [-0.05, 0) is 30.0 Å². The van der Waals surface area contributed by atoms with Gasteiger partial charge in [0.2, 0.25) is 0 Å². The lowest BCUT2D eigenvalue weighted by Gasteiger charge is -2.09. The SMILES string of the molecule is CC(/C=N/NC(=O)C1CC(c2cccc([N+](=O)[O-])c2)NN1)=C\c1ccccc1. The number of hydrogen-bond acceptors (Lipinski definition) is 6. The lowest BCUT2D eigenvalue weighted by Crippen LogP contribution is -2.41. The maximum atomic E-state index is 12.3. The number of benzene rings is 2. The zero-order chi connectivity index (χ0) is 19.9. The molecule has 3 rings (SSSR count). The molecule has 1 saturated heterocycles. The predicted molar refractivity (Wildman–Crippen MR) is 107 cm³/mol. The Hall–Kier alpha value is -3.36. The first-order valence-electron chi connectivity index (χ1n) is 8.84. The van der Waals surface area contributed by atoms with E-state index in [1.165, 1.54) is 12.1 Å². The maximum Gasteiger partial charge on any atom is 0.269 e. The summed E-state index contributed by atoms with van der Waals surface area (Å²) in [5, 5.41) is 14.9. The third-order valence-corrected chi connectivity index (χ3v) is 4.34. The van der Waals surface area contributed by atoms with Crippen LogP contribution in [0.1, 0.15) is 30.5 Å². The molecule has 0 radical (unpaired) electrons. The van der Waals surface area contributed by atoms with Crippen molar-refractivity contribution in [2.24, 2.45) is 5.10 Å². The van der Waals surface area contributed by atoms with Gasteiger partial charge in [-0.1, -0.05) is 48.5 Å². The number of nitro benzene ring substituents is 1. The van der Waals surface area contributed by atoms with Crippen molar-refractivity contribution in [1.82, 2.24) is 16.3 Å². The minimum Gasteiger partial charge on any atom is -0.271 e. The number of allylic oxidation sites excluding steroid dienone is 1. The fourth-order valence-electron chi connectivity index (χ4n) is 2.93. The quantitative estimate of drug-likeness (QED) is 0.406. The Bertz CT molecular complexity index is 911. The highest BCUT2D eigenvalue weighted by Crippen LogP contribution is 2.25. The first-order chi connectivity index (χ1) is 13.5. The summed E-state index contributed by atoms with van der Waals surface area (Å²) in [6, 6.07) is 15.5. The molecule has 0 saturated carbocycles. The van der Waals surface area contributed by atoms with E-state index in [2.05, 4.69) is 21.4 Å². The van der Waals surface area contributed by atoms with E-state index in [-0.39, 0.29) is 17.6 Å². The highest BCUT2D eigenvalue weighted by Gasteiger charge is 2.30. The Morgan fingerprint density at radius 1 is 1.21 bits per heavy atom. The van der Waals surface area contributed by atoms with Gasteiger partial charge < -0.3 is 0 Å². The molecule has 28 heavy (non-hydrogen) atoms. The largest absolute Gasteiger partial charge is 0.271 e. The van der Waals surface area contributed by atoms with Crippen molar-refractivity contribution < 1.29 is 9.72 Å². The normalized spacial score (nSPS) is 19.7. The average molecular weight is 379 g/mol. The minimum atomic E-state index is -0.486. The van der Waals surface area contributed by atoms with Crippen molar-refractivity contribution in [3.8, 4) is 0 Å². The van der Waals surface area contributed by atoms with Crippen LogP contribution in [-0.4, -0.2) is 23.1 Å². The van der Waals surface area contributed by atoms with E-state index in [4.69, 9.17) is 0 Å². The standard InChI is InChI=1S/C20H21N5O3/c1-14(10-15-6-3-2-4-7-15)13-21-24-20(26)19-12-18(22-23-19)16-8-5-9-17(11-16)25(27)28/h2-11,13,18-19,22-23H,12H2,1H3,(H,24,26)/b14-10+,21-13+. The van der Waals surface area contributed by atoms with Gasteiger partial charge in [0.15, 0.2) is 0 Å². The summed E-state index contributed by atoms with van der Waals surface area (Å²) in [6.45, 7) is 1.90. The average Bonchev–Trinajstić information content (AvgIpc) is 3.19. The summed E-state index contributed by atoms with van der Waals surface area (Å²) in [4.78, 5) is 22.8. The van der Waals surface area contributed by atoms with Gasteiger partial charge in [-0.25, -0.2) is 16.3 Å². The van der Waals surface area contributed by atoms with Crippen molar-refractivity contribution in [3.05, 3.63) is 81.4 Å². The fraction of sp³-hybridized carbons (Fsp3) is 0.200. The molecule has 2 aromatic rings. The van der Waals surface area contributed by atoms with Gasteiger partial charge in [0.05, 0.1) is 11.1 Å². The second-order valence-electron chi connectivity index (χ2n) is 6.51. The molecular formula is C20H21N5O3. The lowest BCUT2D eigenvalue weighted by atomic mass is 10.0. The number of nitrogens with one attached hydrogen (secondary N) is 3. The Morgan fingerprint density at radius 2 is 2.00 bits per heavy atom. The van der Waals surface area contributed by atoms with Gasteiger partial charge in [-0.3, -0.25) is 14.9 Å². The predicted octanol–water partition coefficient (Wildman–Crippen LogP) is 2.71. The van der Waals surface area contributed by atoms with Crippen LogP contribution >= 0.6 is 0 Å². The number of carbonyl (C=O) groups excluding carboxylic acids is 1. The fourth-order valence-corrected chi connectivity index (χ4v) is 2.93. The number of hydrazine groups is 1. The van der Waals surface area contributed by atoms with Crippen LogP contribution in [0.5, 0.6) is 0 Å². The summed E-state index contributed by atoms with van der Waals surface area (Å²) in [7, 11) is 0. The molecule has 3 N–H and O–H groups in total. The van der Waals surface area contributed by atoms with Gasteiger partial charge >= 0.3 is 0 Å². The number of amides is 1. The van der Waals surface area contributed by atoms with Crippen molar-refractivity contribution in [3.63, 3.8) is 0 Å². The molecule has 0 bridgehead atoms. The van der Waals surface area contributed by atoms with E-state index >= 15 is 0 Å². The van der Waals surface area contributed by atoms with Gasteiger partial charge in [0.1, 0.15) is 6.04 Å². The molecule has 8 nitrogen and oxygen atoms in total. The monoisotopic (exact) mass is 379 g/mol. The van der Waals surface area contributed by atoms with Crippen molar-refractivity contribution >= 4 is 23.9 Å². The van der Waals surface area contributed by atoms with E-state index < -0.39 is 11.0 Å². The molecule has 2 atom stereocenters. The molecule has 0 aliphatic carbocycles. The third-order valence-electron chi connectivity index (χ3n) is 4.34. The molecule has 1 heterocycles. The minimum absolute atomic E-state index is 0.0254. The van der Waals surface area contributed by atoms with Crippen LogP contribution in [0.3, 0.4) is 0 Å². The zero-order valence-electron chi connectivity index (χ0n) is 15.3. The van der Waals surface area contributed by atoms with Gasteiger partial charge in [0.25, 0.3) is 11.6 Å². The molecule has 1 aliphatic rings. The van der Waals surface area contributed by atoms with Crippen LogP contribution in [0.4, 0.5) is 5.69 Å². The molecule has 0 spiro atoms. The maximum absolute atomic E-state index is 12.3. The summed E-state index contributed by atoms with van der Waals surface area (Å²) >= 11 is 0. The highest BCUT2D eigenvalue weighted by molar-refractivity contribution is 5.87. The Labute approximate surface area is 162 Å². The summed E-state index contributed by atoms with van der Waals surface area (Å²) in [5.41, 5.74) is 11.2. The van der Waals surface area contributed by atoms with Crippen molar-refractivity contribution in [2.75, 3.05) is 0 Å². The second-order valence-corrected chi connectivity index (χ2v) is 6.51. The first-order valence-corrected chi connectivity index (χ1v) is 8.84. The number of hydrogen-bond donors (Lipinski definition) is 3. The number of non-ortho nitro benzene ring substituents is 1. The first kappa shape index (κ1) is 19.4. The molecule has 8 heteroatoms. The van der Waals surface area contributed by atoms with E-state index in [0.29, 0.717) is 6.42 Å². The number of nitrogens with zero attached hydrogens (tertiary/aromatic N) is 2. The molecule has 1 amide bonds. The van der Waals surface area contributed by atoms with Gasteiger partial charge in [0, 0.05) is 18.2 Å². The van der Waals surface area contributed by atoms with Crippen LogP contribution < -0.4 is 16.3 Å². The van der Waals surface area contributed by atoms with E-state index in [0.717, 1.165) is 16.7 Å². The number of nitro groups is 1. The van der Waals surface area contributed by atoms with Crippen molar-refractivity contribution in [2.45, 2.75) is 25.4 Å². The summed E-state index contributed by atoms with van der Waals surface area (Å²) in [5.74, 6) is -0.274. The zero-order valence-corrected chi connectivity index (χ0v) is 15.3. The Morgan fingerprint density at radius 3 is 2.75 bits per heavy atom. The van der Waals surface area contributed by atoms with Crippen LogP contribution in [0.2, 0.25) is 0 Å². The van der Waals surface area contributed by atoms with E-state index in [1.54, 1.807) is 18.3 Å². The molecule has 2 unspecified atom stereocenters.